The molecule has 1 aromatic carbocycles. The SMILES string of the molecule is Cc1cc(NC(=O)c2c(C3CC3)c(C(=O)C(=O)N[C@H]3CC[C@@H](S(C)(=O)=O)CC3)n(C)c2C)ccc1F. The van der Waals surface area contributed by atoms with Gasteiger partial charge in [-0.15, -0.1) is 0 Å². The number of benzene rings is 1. The number of carbonyl (C=O) groups excluding carboxylic acids is 3. The first kappa shape index (κ1) is 26.1. The zero-order chi connectivity index (χ0) is 26.4. The summed E-state index contributed by atoms with van der Waals surface area (Å²) in [7, 11) is -1.46. The van der Waals surface area contributed by atoms with Crippen molar-refractivity contribution < 1.29 is 27.2 Å². The van der Waals surface area contributed by atoms with E-state index in [4.69, 9.17) is 0 Å². The number of ketones is 1. The normalized spacial score (nSPS) is 20.1. The molecule has 0 bridgehead atoms. The molecule has 2 N–H and O–H groups in total. The van der Waals surface area contributed by atoms with Gasteiger partial charge in [-0.1, -0.05) is 0 Å². The number of carbonyl (C=O) groups is 3. The molecule has 1 aromatic heterocycles. The molecule has 8 nitrogen and oxygen atoms in total. The third-order valence-corrected chi connectivity index (χ3v) is 9.07. The van der Waals surface area contributed by atoms with E-state index in [1.165, 1.54) is 18.4 Å². The van der Waals surface area contributed by atoms with Crippen molar-refractivity contribution in [3.05, 3.63) is 52.1 Å². The lowest BCUT2D eigenvalue weighted by molar-refractivity contribution is -0.117. The fourth-order valence-electron chi connectivity index (χ4n) is 5.07. The summed E-state index contributed by atoms with van der Waals surface area (Å²) in [6.45, 7) is 3.34. The minimum absolute atomic E-state index is 0.0116. The topological polar surface area (TPSA) is 114 Å². The van der Waals surface area contributed by atoms with E-state index >= 15 is 0 Å². The van der Waals surface area contributed by atoms with Gasteiger partial charge in [0.05, 0.1) is 16.5 Å². The highest BCUT2D eigenvalue weighted by Crippen LogP contribution is 2.45. The summed E-state index contributed by atoms with van der Waals surface area (Å²) in [6, 6.07) is 4.04. The van der Waals surface area contributed by atoms with Gasteiger partial charge < -0.3 is 15.2 Å². The number of aryl methyl sites for hydroxylation is 1. The highest BCUT2D eigenvalue weighted by atomic mass is 32.2. The van der Waals surface area contributed by atoms with Crippen molar-refractivity contribution in [3.63, 3.8) is 0 Å². The van der Waals surface area contributed by atoms with Gasteiger partial charge in [-0.05, 0) is 87.6 Å². The van der Waals surface area contributed by atoms with Crippen LogP contribution in [0.3, 0.4) is 0 Å². The molecule has 0 spiro atoms. The first-order chi connectivity index (χ1) is 16.9. The van der Waals surface area contributed by atoms with Gasteiger partial charge >= 0.3 is 0 Å². The van der Waals surface area contributed by atoms with Crippen molar-refractivity contribution >= 4 is 33.1 Å². The summed E-state index contributed by atoms with van der Waals surface area (Å²) < 4.78 is 38.8. The fourth-order valence-corrected chi connectivity index (χ4v) is 6.20. The van der Waals surface area contributed by atoms with Crippen LogP contribution in [-0.2, 0) is 21.7 Å². The van der Waals surface area contributed by atoms with Crippen molar-refractivity contribution in [2.24, 2.45) is 7.05 Å². The second kappa shape index (κ2) is 9.80. The average molecular weight is 518 g/mol. The van der Waals surface area contributed by atoms with E-state index < -0.39 is 32.7 Å². The summed E-state index contributed by atoms with van der Waals surface area (Å²) >= 11 is 0. The van der Waals surface area contributed by atoms with Crippen LogP contribution in [0.25, 0.3) is 0 Å². The molecule has 0 unspecified atom stereocenters. The highest BCUT2D eigenvalue weighted by Gasteiger charge is 2.39. The Morgan fingerprint density at radius 3 is 2.22 bits per heavy atom. The number of Topliss-reactive ketones (excluding diaryl/α,β-unsaturated/α-hetero) is 1. The number of anilines is 1. The second-order valence-electron chi connectivity index (χ2n) is 10.1. The smallest absolute Gasteiger partial charge is 0.294 e. The summed E-state index contributed by atoms with van der Waals surface area (Å²) in [5.74, 6) is -2.22. The van der Waals surface area contributed by atoms with Gasteiger partial charge in [0.25, 0.3) is 17.6 Å². The fraction of sp³-hybridized carbons (Fsp3) is 0.500. The molecule has 36 heavy (non-hydrogen) atoms. The first-order valence-corrected chi connectivity index (χ1v) is 14.1. The van der Waals surface area contributed by atoms with Crippen LogP contribution in [0, 0.1) is 19.7 Å². The van der Waals surface area contributed by atoms with Crippen LogP contribution < -0.4 is 10.6 Å². The maximum atomic E-state index is 13.6. The first-order valence-electron chi connectivity index (χ1n) is 12.2. The number of rotatable bonds is 7. The number of nitrogens with zero attached hydrogens (tertiary/aromatic N) is 1. The van der Waals surface area contributed by atoms with E-state index in [1.807, 2.05) is 0 Å². The van der Waals surface area contributed by atoms with E-state index in [-0.39, 0.29) is 23.5 Å². The van der Waals surface area contributed by atoms with Gasteiger partial charge in [-0.25, -0.2) is 12.8 Å². The Morgan fingerprint density at radius 1 is 1.03 bits per heavy atom. The quantitative estimate of drug-likeness (QED) is 0.431. The largest absolute Gasteiger partial charge is 0.346 e. The van der Waals surface area contributed by atoms with Crippen molar-refractivity contribution in [1.29, 1.82) is 0 Å². The maximum absolute atomic E-state index is 13.6. The Kier molecular flexibility index (Phi) is 7.10. The number of aromatic nitrogens is 1. The molecule has 0 aliphatic heterocycles. The van der Waals surface area contributed by atoms with Crippen LogP contribution in [0.15, 0.2) is 18.2 Å². The summed E-state index contributed by atoms with van der Waals surface area (Å²) in [5.41, 5.74) is 2.56. The molecule has 10 heteroatoms. The Balaban J connectivity index is 1.55. The molecular weight excluding hydrogens is 485 g/mol. The number of nitrogens with one attached hydrogen (secondary N) is 2. The van der Waals surface area contributed by atoms with Crippen LogP contribution >= 0.6 is 0 Å². The van der Waals surface area contributed by atoms with E-state index in [9.17, 15) is 27.2 Å². The molecular formula is C26H32FN3O5S. The van der Waals surface area contributed by atoms with Crippen LogP contribution in [0.5, 0.6) is 0 Å². The predicted molar refractivity (Wildman–Crippen MR) is 135 cm³/mol. The molecule has 0 radical (unpaired) electrons. The number of hydrogen-bond acceptors (Lipinski definition) is 5. The zero-order valence-electron chi connectivity index (χ0n) is 21.0. The average Bonchev–Trinajstić information content (AvgIpc) is 3.61. The molecule has 2 amide bonds. The number of halogens is 1. The lowest BCUT2D eigenvalue weighted by atomic mass is 9.94. The van der Waals surface area contributed by atoms with Crippen LogP contribution in [0.2, 0.25) is 0 Å². The molecule has 2 aromatic rings. The Morgan fingerprint density at radius 2 is 1.67 bits per heavy atom. The number of amides is 2. The molecule has 1 heterocycles. The summed E-state index contributed by atoms with van der Waals surface area (Å²) in [4.78, 5) is 39.6. The highest BCUT2D eigenvalue weighted by molar-refractivity contribution is 7.91. The number of sulfone groups is 1. The molecule has 0 atom stereocenters. The third-order valence-electron chi connectivity index (χ3n) is 7.39. The minimum atomic E-state index is -3.13. The molecule has 2 aliphatic rings. The van der Waals surface area contributed by atoms with Gasteiger partial charge in [-0.2, -0.15) is 0 Å². The van der Waals surface area contributed by atoms with Gasteiger partial charge in [0.1, 0.15) is 15.7 Å². The van der Waals surface area contributed by atoms with Crippen molar-refractivity contribution in [2.45, 2.75) is 69.6 Å². The van der Waals surface area contributed by atoms with Gasteiger partial charge in [0, 0.05) is 30.7 Å². The van der Waals surface area contributed by atoms with Crippen LogP contribution in [-0.4, -0.2) is 48.1 Å². The van der Waals surface area contributed by atoms with E-state index in [0.29, 0.717) is 53.8 Å². The molecule has 2 fully saturated rings. The standard InChI is InChI=1S/C26H32FN3O5S/c1-14-13-18(9-12-20(14)27)29-25(32)21-15(2)30(3)23(22(21)16-5-6-16)24(31)26(33)28-17-7-10-19(11-8-17)36(4,34)35/h9,12-13,16-17,19H,5-8,10-11H2,1-4H3,(H,28,33)(H,29,32)/t17-,19+. The lowest BCUT2D eigenvalue weighted by Gasteiger charge is -2.27. The summed E-state index contributed by atoms with van der Waals surface area (Å²) in [6.07, 6.45) is 4.73. The second-order valence-corrected chi connectivity index (χ2v) is 12.4. The molecule has 0 saturated heterocycles. The lowest BCUT2D eigenvalue weighted by Crippen LogP contribution is -2.43. The van der Waals surface area contributed by atoms with Gasteiger partial charge in [0.15, 0.2) is 0 Å². The van der Waals surface area contributed by atoms with E-state index in [2.05, 4.69) is 10.6 Å². The predicted octanol–water partition coefficient (Wildman–Crippen LogP) is 3.57. The minimum Gasteiger partial charge on any atom is -0.346 e. The molecule has 2 aliphatic carbocycles. The van der Waals surface area contributed by atoms with E-state index in [1.54, 1.807) is 31.5 Å². The molecule has 194 valence electrons. The van der Waals surface area contributed by atoms with Crippen molar-refractivity contribution in [2.75, 3.05) is 11.6 Å². The third kappa shape index (κ3) is 5.23. The number of hydrogen-bond donors (Lipinski definition) is 2. The zero-order valence-corrected chi connectivity index (χ0v) is 21.8. The van der Waals surface area contributed by atoms with Crippen molar-refractivity contribution in [1.82, 2.24) is 9.88 Å². The van der Waals surface area contributed by atoms with Crippen LogP contribution in [0.4, 0.5) is 10.1 Å². The van der Waals surface area contributed by atoms with Gasteiger partial charge in [-0.3, -0.25) is 14.4 Å². The van der Waals surface area contributed by atoms with Gasteiger partial charge in [0.2, 0.25) is 0 Å². The Labute approximate surface area is 210 Å². The molecule has 2 saturated carbocycles. The van der Waals surface area contributed by atoms with Crippen molar-refractivity contribution in [3.8, 4) is 0 Å². The Bertz CT molecular complexity index is 1340. The monoisotopic (exact) mass is 517 g/mol. The maximum Gasteiger partial charge on any atom is 0.294 e. The molecule has 4 rings (SSSR count). The van der Waals surface area contributed by atoms with Crippen LogP contribution in [0.1, 0.15) is 82.1 Å². The summed E-state index contributed by atoms with van der Waals surface area (Å²) in [5, 5.41) is 5.17. The van der Waals surface area contributed by atoms with E-state index in [0.717, 1.165) is 12.8 Å². The Hall–Kier alpha value is -3.01.